The molecule has 0 saturated carbocycles. The van der Waals surface area contributed by atoms with Gasteiger partial charge in [-0.15, -0.1) is 0 Å². The average Bonchev–Trinajstić information content (AvgIpc) is 2.15. The molecular formula is C10H11ClFNO2. The zero-order chi connectivity index (χ0) is 11.6. The largest absolute Gasteiger partial charge is 0.480 e. The number of carboxylic acids is 1. The first-order chi connectivity index (χ1) is 6.95. The molecule has 0 aliphatic carbocycles. The van der Waals surface area contributed by atoms with Gasteiger partial charge in [-0.05, 0) is 12.1 Å². The maximum Gasteiger partial charge on any atom is 0.321 e. The van der Waals surface area contributed by atoms with Crippen LogP contribution in [0.15, 0.2) is 18.2 Å². The van der Waals surface area contributed by atoms with Crippen molar-refractivity contribution in [1.82, 2.24) is 0 Å². The molecule has 0 aliphatic heterocycles. The van der Waals surface area contributed by atoms with Crippen molar-refractivity contribution in [2.24, 2.45) is 5.73 Å². The van der Waals surface area contributed by atoms with Crippen molar-refractivity contribution in [3.63, 3.8) is 0 Å². The van der Waals surface area contributed by atoms with Crippen LogP contribution in [0.2, 0.25) is 5.02 Å². The van der Waals surface area contributed by atoms with E-state index in [0.29, 0.717) is 0 Å². The highest BCUT2D eigenvalue weighted by Crippen LogP contribution is 2.28. The van der Waals surface area contributed by atoms with Crippen LogP contribution in [0, 0.1) is 5.82 Å². The van der Waals surface area contributed by atoms with Gasteiger partial charge in [-0.25, -0.2) is 4.39 Å². The summed E-state index contributed by atoms with van der Waals surface area (Å²) >= 11 is 5.78. The molecule has 0 aromatic heterocycles. The van der Waals surface area contributed by atoms with Gasteiger partial charge in [0.05, 0.1) is 0 Å². The van der Waals surface area contributed by atoms with Crippen LogP contribution in [-0.4, -0.2) is 17.1 Å². The van der Waals surface area contributed by atoms with Crippen LogP contribution in [0.4, 0.5) is 4.39 Å². The molecule has 15 heavy (non-hydrogen) atoms. The molecule has 0 aliphatic rings. The van der Waals surface area contributed by atoms with E-state index in [4.69, 9.17) is 22.4 Å². The van der Waals surface area contributed by atoms with E-state index >= 15 is 0 Å². The van der Waals surface area contributed by atoms with Crippen molar-refractivity contribution in [3.8, 4) is 0 Å². The molecule has 1 rings (SSSR count). The van der Waals surface area contributed by atoms with Gasteiger partial charge in [0.25, 0.3) is 0 Å². The average molecular weight is 232 g/mol. The van der Waals surface area contributed by atoms with E-state index < -0.39 is 23.7 Å². The predicted octanol–water partition coefficient (Wildman–Crippen LogP) is 1.99. The summed E-state index contributed by atoms with van der Waals surface area (Å²) in [5, 5.41) is 8.90. The van der Waals surface area contributed by atoms with Crippen molar-refractivity contribution < 1.29 is 14.3 Å². The van der Waals surface area contributed by atoms with Gasteiger partial charge in [0, 0.05) is 16.5 Å². The summed E-state index contributed by atoms with van der Waals surface area (Å²) in [5.74, 6) is -2.38. The summed E-state index contributed by atoms with van der Waals surface area (Å²) in [5.41, 5.74) is 5.55. The van der Waals surface area contributed by atoms with E-state index in [2.05, 4.69) is 0 Å². The second kappa shape index (κ2) is 4.59. The first-order valence-electron chi connectivity index (χ1n) is 4.37. The van der Waals surface area contributed by atoms with Crippen LogP contribution in [0.25, 0.3) is 0 Å². The minimum absolute atomic E-state index is 0.147. The van der Waals surface area contributed by atoms with Crippen LogP contribution < -0.4 is 5.73 Å². The van der Waals surface area contributed by atoms with Crippen molar-refractivity contribution in [2.75, 3.05) is 0 Å². The van der Waals surface area contributed by atoms with Gasteiger partial charge in [0.15, 0.2) is 0 Å². The summed E-state index contributed by atoms with van der Waals surface area (Å²) in [4.78, 5) is 10.6. The van der Waals surface area contributed by atoms with Gasteiger partial charge in [0.2, 0.25) is 0 Å². The first kappa shape index (κ1) is 11.9. The molecule has 0 bridgehead atoms. The van der Waals surface area contributed by atoms with Gasteiger partial charge < -0.3 is 10.8 Å². The Morgan fingerprint density at radius 2 is 2.20 bits per heavy atom. The van der Waals surface area contributed by atoms with E-state index in [1.807, 2.05) is 0 Å². The molecule has 0 spiro atoms. The third-order valence-electron chi connectivity index (χ3n) is 2.28. The Bertz CT molecular complexity index is 363. The standard InChI is InChI=1S/C10H11ClFNO2/c1-5(9(13)10(14)15)8-6(11)3-2-4-7(8)12/h2-5,9H,13H2,1H3,(H,14,15). The van der Waals surface area contributed by atoms with Gasteiger partial charge in [-0.2, -0.15) is 0 Å². The Morgan fingerprint density at radius 3 is 2.67 bits per heavy atom. The molecule has 0 fully saturated rings. The van der Waals surface area contributed by atoms with Crippen molar-refractivity contribution in [2.45, 2.75) is 18.9 Å². The van der Waals surface area contributed by atoms with Crippen LogP contribution in [0.3, 0.4) is 0 Å². The maximum absolute atomic E-state index is 13.4. The molecule has 82 valence electrons. The molecule has 1 aromatic rings. The zero-order valence-electron chi connectivity index (χ0n) is 8.08. The van der Waals surface area contributed by atoms with Gasteiger partial charge in [-0.3, -0.25) is 4.79 Å². The second-order valence-corrected chi connectivity index (χ2v) is 3.70. The molecule has 0 saturated heterocycles. The van der Waals surface area contributed by atoms with Crippen LogP contribution in [0.1, 0.15) is 18.4 Å². The summed E-state index contributed by atoms with van der Waals surface area (Å²) in [6, 6.07) is 3.02. The maximum atomic E-state index is 13.4. The molecule has 2 unspecified atom stereocenters. The number of hydrogen-bond donors (Lipinski definition) is 2. The normalized spacial score (nSPS) is 14.7. The first-order valence-corrected chi connectivity index (χ1v) is 4.75. The minimum Gasteiger partial charge on any atom is -0.480 e. The SMILES string of the molecule is CC(c1c(F)cccc1Cl)C(N)C(=O)O. The zero-order valence-corrected chi connectivity index (χ0v) is 8.83. The van der Waals surface area contributed by atoms with Crippen LogP contribution in [0.5, 0.6) is 0 Å². The highest BCUT2D eigenvalue weighted by molar-refractivity contribution is 6.31. The smallest absolute Gasteiger partial charge is 0.321 e. The van der Waals surface area contributed by atoms with Crippen LogP contribution >= 0.6 is 11.6 Å². The number of carboxylic acid groups (broad SMARTS) is 1. The highest BCUT2D eigenvalue weighted by atomic mass is 35.5. The fourth-order valence-electron chi connectivity index (χ4n) is 1.34. The highest BCUT2D eigenvalue weighted by Gasteiger charge is 2.25. The number of aliphatic carboxylic acids is 1. The Balaban J connectivity index is 3.10. The molecule has 1 aromatic carbocycles. The fraction of sp³-hybridized carbons (Fsp3) is 0.300. The number of hydrogen-bond acceptors (Lipinski definition) is 2. The van der Waals surface area contributed by atoms with E-state index in [1.165, 1.54) is 25.1 Å². The topological polar surface area (TPSA) is 63.3 Å². The molecular weight excluding hydrogens is 221 g/mol. The number of rotatable bonds is 3. The summed E-state index contributed by atoms with van der Waals surface area (Å²) < 4.78 is 13.4. The predicted molar refractivity (Wildman–Crippen MR) is 55.4 cm³/mol. The van der Waals surface area contributed by atoms with Crippen LogP contribution in [-0.2, 0) is 4.79 Å². The molecule has 0 amide bonds. The molecule has 5 heteroatoms. The van der Waals surface area contributed by atoms with Crippen molar-refractivity contribution >= 4 is 17.6 Å². The third kappa shape index (κ3) is 2.46. The lowest BCUT2D eigenvalue weighted by atomic mass is 9.93. The number of carbonyl (C=O) groups is 1. The molecule has 2 atom stereocenters. The second-order valence-electron chi connectivity index (χ2n) is 3.29. The lowest BCUT2D eigenvalue weighted by Gasteiger charge is -2.18. The molecule has 3 N–H and O–H groups in total. The Kier molecular flexibility index (Phi) is 3.66. The number of halogens is 2. The summed E-state index contributed by atoms with van der Waals surface area (Å²) in [6.07, 6.45) is 0. The summed E-state index contributed by atoms with van der Waals surface area (Å²) in [6.45, 7) is 1.53. The van der Waals surface area contributed by atoms with Crippen molar-refractivity contribution in [1.29, 1.82) is 0 Å². The fourth-order valence-corrected chi connectivity index (χ4v) is 1.67. The Hall–Kier alpha value is -1.13. The number of benzene rings is 1. The monoisotopic (exact) mass is 231 g/mol. The molecule has 0 radical (unpaired) electrons. The molecule has 0 heterocycles. The van der Waals surface area contributed by atoms with Gasteiger partial charge in [0.1, 0.15) is 11.9 Å². The van der Waals surface area contributed by atoms with Crippen molar-refractivity contribution in [3.05, 3.63) is 34.6 Å². The van der Waals surface area contributed by atoms with E-state index in [0.717, 1.165) is 0 Å². The number of nitrogens with two attached hydrogens (primary N) is 1. The summed E-state index contributed by atoms with van der Waals surface area (Å²) in [7, 11) is 0. The van der Waals surface area contributed by atoms with E-state index in [1.54, 1.807) is 0 Å². The Labute approximate surface area is 91.7 Å². The molecule has 3 nitrogen and oxygen atoms in total. The Morgan fingerprint density at radius 1 is 1.60 bits per heavy atom. The van der Waals surface area contributed by atoms with Gasteiger partial charge in [-0.1, -0.05) is 24.6 Å². The third-order valence-corrected chi connectivity index (χ3v) is 2.61. The lowest BCUT2D eigenvalue weighted by Crippen LogP contribution is -2.35. The minimum atomic E-state index is -1.18. The van der Waals surface area contributed by atoms with E-state index in [-0.39, 0.29) is 10.6 Å². The van der Waals surface area contributed by atoms with E-state index in [9.17, 15) is 9.18 Å². The quantitative estimate of drug-likeness (QED) is 0.836. The lowest BCUT2D eigenvalue weighted by molar-refractivity contribution is -0.139. The van der Waals surface area contributed by atoms with Gasteiger partial charge >= 0.3 is 5.97 Å².